The topological polar surface area (TPSA) is 61.4 Å². The lowest BCUT2D eigenvalue weighted by molar-refractivity contribution is -0.116. The van der Waals surface area contributed by atoms with Crippen molar-refractivity contribution in [3.8, 4) is 0 Å². The Balaban J connectivity index is 2.43. The maximum atomic E-state index is 11.5. The zero-order valence-electron chi connectivity index (χ0n) is 9.49. The summed E-state index contributed by atoms with van der Waals surface area (Å²) in [7, 11) is 1.86. The normalized spacial score (nSPS) is 10.1. The van der Waals surface area contributed by atoms with Crippen molar-refractivity contribution in [2.24, 2.45) is 0 Å². The minimum Gasteiger partial charge on any atom is -0.392 e. The molecule has 0 saturated carbocycles. The number of nitrogens with one attached hydrogen (secondary N) is 2. The Labute approximate surface area is 95.7 Å². The van der Waals surface area contributed by atoms with Crippen LogP contribution in [0.4, 0.5) is 5.69 Å². The summed E-state index contributed by atoms with van der Waals surface area (Å²) in [5.74, 6) is 0.00494. The largest absolute Gasteiger partial charge is 0.392 e. The zero-order chi connectivity index (χ0) is 11.8. The summed E-state index contributed by atoms with van der Waals surface area (Å²) in [6.07, 6.45) is 1.33. The van der Waals surface area contributed by atoms with Crippen LogP contribution in [0.3, 0.4) is 0 Å². The average Bonchev–Trinajstić information content (AvgIpc) is 2.29. The van der Waals surface area contributed by atoms with E-state index in [0.29, 0.717) is 6.42 Å². The van der Waals surface area contributed by atoms with Gasteiger partial charge in [-0.15, -0.1) is 0 Å². The maximum Gasteiger partial charge on any atom is 0.224 e. The molecule has 3 N–H and O–H groups in total. The Bertz CT molecular complexity index is 340. The SMILES string of the molecule is CNCCCC(=O)Nc1cccc(CO)c1. The van der Waals surface area contributed by atoms with Crippen LogP contribution in [0.5, 0.6) is 0 Å². The molecule has 0 unspecified atom stereocenters. The van der Waals surface area contributed by atoms with Gasteiger partial charge < -0.3 is 15.7 Å². The third kappa shape index (κ3) is 4.42. The fourth-order valence-corrected chi connectivity index (χ4v) is 1.40. The van der Waals surface area contributed by atoms with Crippen LogP contribution in [0.1, 0.15) is 18.4 Å². The molecule has 0 aliphatic rings. The molecule has 1 aromatic carbocycles. The molecule has 0 heterocycles. The summed E-state index contributed by atoms with van der Waals surface area (Å²) in [6.45, 7) is 0.827. The van der Waals surface area contributed by atoms with E-state index in [1.807, 2.05) is 25.2 Å². The van der Waals surface area contributed by atoms with Gasteiger partial charge in [0.25, 0.3) is 0 Å². The van der Waals surface area contributed by atoms with Crippen molar-refractivity contribution < 1.29 is 9.90 Å². The van der Waals surface area contributed by atoms with E-state index in [-0.39, 0.29) is 12.5 Å². The summed E-state index contributed by atoms with van der Waals surface area (Å²) < 4.78 is 0. The molecule has 1 rings (SSSR count). The molecule has 0 aliphatic heterocycles. The number of carbonyl (C=O) groups excluding carboxylic acids is 1. The molecule has 0 atom stereocenters. The first-order valence-corrected chi connectivity index (χ1v) is 5.40. The number of amides is 1. The first-order chi connectivity index (χ1) is 7.76. The summed E-state index contributed by atoms with van der Waals surface area (Å²) >= 11 is 0. The number of aliphatic hydroxyl groups excluding tert-OH is 1. The van der Waals surface area contributed by atoms with Crippen LogP contribution >= 0.6 is 0 Å². The number of hydrogen-bond acceptors (Lipinski definition) is 3. The standard InChI is InChI=1S/C12H18N2O2/c1-13-7-3-6-12(16)14-11-5-2-4-10(8-11)9-15/h2,4-5,8,13,15H,3,6-7,9H2,1H3,(H,14,16). The molecule has 4 nitrogen and oxygen atoms in total. The van der Waals surface area contributed by atoms with Gasteiger partial charge in [0.15, 0.2) is 0 Å². The van der Waals surface area contributed by atoms with E-state index in [9.17, 15) is 4.79 Å². The van der Waals surface area contributed by atoms with Crippen LogP contribution in [-0.2, 0) is 11.4 Å². The van der Waals surface area contributed by atoms with Crippen molar-refractivity contribution in [2.75, 3.05) is 18.9 Å². The van der Waals surface area contributed by atoms with Gasteiger partial charge in [-0.3, -0.25) is 4.79 Å². The van der Waals surface area contributed by atoms with Crippen molar-refractivity contribution in [3.63, 3.8) is 0 Å². The summed E-state index contributed by atoms with van der Waals surface area (Å²) in [5, 5.41) is 14.7. The lowest BCUT2D eigenvalue weighted by Crippen LogP contribution is -2.15. The quantitative estimate of drug-likeness (QED) is 0.632. The number of carbonyl (C=O) groups is 1. The molecule has 4 heteroatoms. The molecule has 1 amide bonds. The number of hydrogen-bond donors (Lipinski definition) is 3. The molecule has 88 valence electrons. The van der Waals surface area contributed by atoms with Crippen LogP contribution in [-0.4, -0.2) is 24.6 Å². The van der Waals surface area contributed by atoms with Crippen molar-refractivity contribution in [3.05, 3.63) is 29.8 Å². The Morgan fingerprint density at radius 2 is 2.25 bits per heavy atom. The zero-order valence-corrected chi connectivity index (χ0v) is 9.49. The highest BCUT2D eigenvalue weighted by atomic mass is 16.3. The molecule has 0 bridgehead atoms. The van der Waals surface area contributed by atoms with Crippen molar-refractivity contribution in [1.82, 2.24) is 5.32 Å². The van der Waals surface area contributed by atoms with E-state index >= 15 is 0 Å². The van der Waals surface area contributed by atoms with Crippen LogP contribution in [0, 0.1) is 0 Å². The molecule has 0 aliphatic carbocycles. The minimum absolute atomic E-state index is 0.00494. The van der Waals surface area contributed by atoms with Gasteiger partial charge in [0.05, 0.1) is 6.61 Å². The van der Waals surface area contributed by atoms with Gasteiger partial charge in [-0.1, -0.05) is 12.1 Å². The predicted octanol–water partition coefficient (Wildman–Crippen LogP) is 1.12. The summed E-state index contributed by atoms with van der Waals surface area (Å²) in [6, 6.07) is 7.22. The Kier molecular flexibility index (Phi) is 5.53. The van der Waals surface area contributed by atoms with Gasteiger partial charge in [0.2, 0.25) is 5.91 Å². The molecule has 16 heavy (non-hydrogen) atoms. The first-order valence-electron chi connectivity index (χ1n) is 5.40. The second-order valence-electron chi connectivity index (χ2n) is 3.61. The number of aliphatic hydroxyl groups is 1. The Hall–Kier alpha value is -1.39. The molecular formula is C12H18N2O2. The molecule has 0 radical (unpaired) electrons. The monoisotopic (exact) mass is 222 g/mol. The molecular weight excluding hydrogens is 204 g/mol. The lowest BCUT2D eigenvalue weighted by Gasteiger charge is -2.06. The van der Waals surface area contributed by atoms with Crippen LogP contribution in [0.2, 0.25) is 0 Å². The molecule has 0 spiro atoms. The number of benzene rings is 1. The molecule has 0 aromatic heterocycles. The third-order valence-corrected chi connectivity index (χ3v) is 2.22. The van der Waals surface area contributed by atoms with Crippen molar-refractivity contribution in [1.29, 1.82) is 0 Å². The second-order valence-corrected chi connectivity index (χ2v) is 3.61. The van der Waals surface area contributed by atoms with E-state index < -0.39 is 0 Å². The molecule has 0 fully saturated rings. The number of rotatable bonds is 6. The van der Waals surface area contributed by atoms with E-state index in [0.717, 1.165) is 24.2 Å². The van der Waals surface area contributed by atoms with Gasteiger partial charge in [-0.05, 0) is 37.7 Å². The van der Waals surface area contributed by atoms with Crippen LogP contribution in [0.25, 0.3) is 0 Å². The van der Waals surface area contributed by atoms with Crippen molar-refractivity contribution >= 4 is 11.6 Å². The maximum absolute atomic E-state index is 11.5. The van der Waals surface area contributed by atoms with Crippen LogP contribution in [0.15, 0.2) is 24.3 Å². The third-order valence-electron chi connectivity index (χ3n) is 2.22. The molecule has 0 saturated heterocycles. The van der Waals surface area contributed by atoms with Crippen LogP contribution < -0.4 is 10.6 Å². The van der Waals surface area contributed by atoms with E-state index in [2.05, 4.69) is 10.6 Å². The summed E-state index contributed by atoms with van der Waals surface area (Å²) in [4.78, 5) is 11.5. The van der Waals surface area contributed by atoms with Gasteiger partial charge in [0, 0.05) is 12.1 Å². The number of anilines is 1. The fraction of sp³-hybridized carbons (Fsp3) is 0.417. The van der Waals surface area contributed by atoms with Gasteiger partial charge >= 0.3 is 0 Å². The smallest absolute Gasteiger partial charge is 0.224 e. The van der Waals surface area contributed by atoms with E-state index in [4.69, 9.17) is 5.11 Å². The highest BCUT2D eigenvalue weighted by Crippen LogP contribution is 2.10. The second kappa shape index (κ2) is 6.98. The predicted molar refractivity (Wildman–Crippen MR) is 64.2 cm³/mol. The van der Waals surface area contributed by atoms with E-state index in [1.54, 1.807) is 6.07 Å². The van der Waals surface area contributed by atoms with E-state index in [1.165, 1.54) is 0 Å². The van der Waals surface area contributed by atoms with Gasteiger partial charge in [-0.25, -0.2) is 0 Å². The highest BCUT2D eigenvalue weighted by molar-refractivity contribution is 5.90. The Morgan fingerprint density at radius 3 is 2.94 bits per heavy atom. The summed E-state index contributed by atoms with van der Waals surface area (Å²) in [5.41, 5.74) is 1.54. The lowest BCUT2D eigenvalue weighted by atomic mass is 10.2. The first kappa shape index (κ1) is 12.7. The van der Waals surface area contributed by atoms with Crippen molar-refractivity contribution in [2.45, 2.75) is 19.4 Å². The van der Waals surface area contributed by atoms with Gasteiger partial charge in [-0.2, -0.15) is 0 Å². The average molecular weight is 222 g/mol. The Morgan fingerprint density at radius 1 is 1.44 bits per heavy atom. The van der Waals surface area contributed by atoms with Gasteiger partial charge in [0.1, 0.15) is 0 Å². The minimum atomic E-state index is -0.0105. The molecule has 1 aromatic rings. The highest BCUT2D eigenvalue weighted by Gasteiger charge is 2.02. The fourth-order valence-electron chi connectivity index (χ4n) is 1.40.